The summed E-state index contributed by atoms with van der Waals surface area (Å²) in [6.45, 7) is 2.79. The van der Waals surface area contributed by atoms with Crippen LogP contribution in [0, 0.1) is 6.92 Å². The number of fused-ring (bicyclic) bond motifs is 1. The number of thiophene rings is 1. The van der Waals surface area contributed by atoms with Crippen molar-refractivity contribution in [1.82, 2.24) is 0 Å². The molecule has 0 atom stereocenters. The molecule has 6 heteroatoms. The average Bonchev–Trinajstić information content (AvgIpc) is 2.68. The number of hydrogen-bond acceptors (Lipinski definition) is 3. The van der Waals surface area contributed by atoms with E-state index in [0.717, 1.165) is 24.3 Å². The smallest absolute Gasteiger partial charge is 0.417 e. The second-order valence-electron chi connectivity index (χ2n) is 3.80. The van der Waals surface area contributed by atoms with Crippen molar-refractivity contribution in [2.75, 3.05) is 0 Å². The number of aryl methyl sites for hydroxylation is 1. The first-order valence-electron chi connectivity index (χ1n) is 5.07. The number of halogens is 3. The molecule has 1 aromatic heterocycles. The summed E-state index contributed by atoms with van der Waals surface area (Å²) in [6.07, 6.45) is -4.47. The Kier molecular flexibility index (Phi) is 3.06. The van der Waals surface area contributed by atoms with Gasteiger partial charge in [-0.15, -0.1) is 11.3 Å². The van der Waals surface area contributed by atoms with Crippen molar-refractivity contribution in [2.45, 2.75) is 20.0 Å². The van der Waals surface area contributed by atoms with Gasteiger partial charge < -0.3 is 4.74 Å². The third-order valence-corrected chi connectivity index (χ3v) is 3.47. The third-order valence-electron chi connectivity index (χ3n) is 2.52. The first-order valence-corrected chi connectivity index (χ1v) is 5.95. The van der Waals surface area contributed by atoms with Gasteiger partial charge >= 0.3 is 12.1 Å². The Labute approximate surface area is 105 Å². The zero-order valence-corrected chi connectivity index (χ0v) is 10.4. The van der Waals surface area contributed by atoms with Gasteiger partial charge in [0.2, 0.25) is 0 Å². The van der Waals surface area contributed by atoms with E-state index in [1.807, 2.05) is 0 Å². The van der Waals surface area contributed by atoms with Crippen molar-refractivity contribution < 1.29 is 22.7 Å². The lowest BCUT2D eigenvalue weighted by Crippen LogP contribution is -2.08. The average molecular weight is 274 g/mol. The van der Waals surface area contributed by atoms with Gasteiger partial charge in [0.1, 0.15) is 5.75 Å². The Morgan fingerprint density at radius 1 is 1.39 bits per heavy atom. The van der Waals surface area contributed by atoms with Crippen molar-refractivity contribution in [1.29, 1.82) is 0 Å². The SMILES string of the molecule is CC(=O)Oc1cc(C(F)(F)F)c2sccc2c1C. The van der Waals surface area contributed by atoms with E-state index in [9.17, 15) is 18.0 Å². The van der Waals surface area contributed by atoms with Crippen LogP contribution in [-0.4, -0.2) is 5.97 Å². The Morgan fingerprint density at radius 3 is 2.61 bits per heavy atom. The van der Waals surface area contributed by atoms with Crippen LogP contribution in [0.1, 0.15) is 18.1 Å². The van der Waals surface area contributed by atoms with Crippen LogP contribution in [0.15, 0.2) is 17.5 Å². The molecule has 0 saturated carbocycles. The maximum Gasteiger partial charge on any atom is 0.417 e. The number of ether oxygens (including phenoxy) is 1. The van der Waals surface area contributed by atoms with Gasteiger partial charge in [0.05, 0.1) is 5.56 Å². The number of carbonyl (C=O) groups excluding carboxylic acids is 1. The minimum Gasteiger partial charge on any atom is -0.426 e. The van der Waals surface area contributed by atoms with Crippen LogP contribution in [0.25, 0.3) is 10.1 Å². The molecule has 0 bridgehead atoms. The van der Waals surface area contributed by atoms with Crippen LogP contribution >= 0.6 is 11.3 Å². The predicted octanol–water partition coefficient (Wildman–Crippen LogP) is 4.15. The number of rotatable bonds is 1. The molecule has 0 aliphatic heterocycles. The normalized spacial score (nSPS) is 11.8. The highest BCUT2D eigenvalue weighted by molar-refractivity contribution is 7.17. The van der Waals surface area contributed by atoms with Gasteiger partial charge in [0.25, 0.3) is 0 Å². The molecular weight excluding hydrogens is 265 g/mol. The summed E-state index contributed by atoms with van der Waals surface area (Å²) in [5.74, 6) is -0.679. The molecule has 0 unspecified atom stereocenters. The highest BCUT2D eigenvalue weighted by Crippen LogP contribution is 2.42. The number of carbonyl (C=O) groups is 1. The van der Waals surface area contributed by atoms with Crippen LogP contribution < -0.4 is 4.74 Å². The quantitative estimate of drug-likeness (QED) is 0.576. The molecular formula is C12H9F3O2S. The lowest BCUT2D eigenvalue weighted by Gasteiger charge is -2.13. The lowest BCUT2D eigenvalue weighted by atomic mass is 10.1. The van der Waals surface area contributed by atoms with E-state index in [-0.39, 0.29) is 10.4 Å². The van der Waals surface area contributed by atoms with Crippen molar-refractivity contribution >= 4 is 27.4 Å². The molecule has 0 saturated heterocycles. The molecule has 2 nitrogen and oxygen atoms in total. The first-order chi connectivity index (χ1) is 8.30. The summed E-state index contributed by atoms with van der Waals surface area (Å²) in [7, 11) is 0. The monoisotopic (exact) mass is 274 g/mol. The zero-order chi connectivity index (χ0) is 13.5. The number of alkyl halides is 3. The first kappa shape index (κ1) is 12.9. The zero-order valence-electron chi connectivity index (χ0n) is 9.59. The summed E-state index contributed by atoms with van der Waals surface area (Å²) in [5.41, 5.74) is -0.233. The molecule has 0 amide bonds. The van der Waals surface area contributed by atoms with E-state index in [0.29, 0.717) is 10.9 Å². The summed E-state index contributed by atoms with van der Waals surface area (Å²) < 4.78 is 43.7. The molecule has 2 aromatic rings. The van der Waals surface area contributed by atoms with Crippen LogP contribution in [0.4, 0.5) is 13.2 Å². The van der Waals surface area contributed by atoms with E-state index in [4.69, 9.17) is 4.74 Å². The fraction of sp³-hybridized carbons (Fsp3) is 0.250. The summed E-state index contributed by atoms with van der Waals surface area (Å²) in [4.78, 5) is 10.9. The maximum absolute atomic E-state index is 12.9. The molecule has 0 radical (unpaired) electrons. The molecule has 0 aliphatic carbocycles. The Morgan fingerprint density at radius 2 is 2.06 bits per heavy atom. The van der Waals surface area contributed by atoms with Crippen LogP contribution in [0.3, 0.4) is 0 Å². The van der Waals surface area contributed by atoms with Crippen LogP contribution in [0.2, 0.25) is 0 Å². The molecule has 2 rings (SSSR count). The minimum atomic E-state index is -4.47. The molecule has 0 fully saturated rings. The van der Waals surface area contributed by atoms with E-state index in [1.54, 1.807) is 18.4 Å². The summed E-state index contributed by atoms with van der Waals surface area (Å²) in [5, 5.41) is 2.05. The second-order valence-corrected chi connectivity index (χ2v) is 4.72. The summed E-state index contributed by atoms with van der Waals surface area (Å²) in [6, 6.07) is 2.48. The van der Waals surface area contributed by atoms with Gasteiger partial charge in [0, 0.05) is 17.2 Å². The molecule has 0 spiro atoms. The van der Waals surface area contributed by atoms with Crippen molar-refractivity contribution in [3.8, 4) is 5.75 Å². The molecule has 96 valence electrons. The lowest BCUT2D eigenvalue weighted by molar-refractivity contribution is -0.137. The van der Waals surface area contributed by atoms with Gasteiger partial charge in [0.15, 0.2) is 0 Å². The maximum atomic E-state index is 12.9. The van der Waals surface area contributed by atoms with E-state index >= 15 is 0 Å². The Balaban J connectivity index is 2.74. The predicted molar refractivity (Wildman–Crippen MR) is 62.9 cm³/mol. The largest absolute Gasteiger partial charge is 0.426 e. The molecule has 0 N–H and O–H groups in total. The Bertz CT molecular complexity index is 614. The topological polar surface area (TPSA) is 26.3 Å². The van der Waals surface area contributed by atoms with Gasteiger partial charge in [-0.25, -0.2) is 0 Å². The van der Waals surface area contributed by atoms with Crippen LogP contribution in [0.5, 0.6) is 5.75 Å². The van der Waals surface area contributed by atoms with Crippen molar-refractivity contribution in [3.63, 3.8) is 0 Å². The summed E-state index contributed by atoms with van der Waals surface area (Å²) >= 11 is 1.02. The number of esters is 1. The minimum absolute atomic E-state index is 0.0410. The third kappa shape index (κ3) is 2.20. The fourth-order valence-electron chi connectivity index (χ4n) is 1.72. The van der Waals surface area contributed by atoms with E-state index in [2.05, 4.69) is 0 Å². The van der Waals surface area contributed by atoms with Gasteiger partial charge in [-0.05, 0) is 29.8 Å². The highest BCUT2D eigenvalue weighted by Gasteiger charge is 2.34. The van der Waals surface area contributed by atoms with Crippen molar-refractivity contribution in [2.24, 2.45) is 0 Å². The van der Waals surface area contributed by atoms with E-state index in [1.165, 1.54) is 0 Å². The highest BCUT2D eigenvalue weighted by atomic mass is 32.1. The number of hydrogen-bond donors (Lipinski definition) is 0. The van der Waals surface area contributed by atoms with Crippen molar-refractivity contribution in [3.05, 3.63) is 28.6 Å². The number of benzene rings is 1. The molecule has 0 aliphatic rings. The van der Waals surface area contributed by atoms with Gasteiger partial charge in [-0.3, -0.25) is 4.79 Å². The second kappa shape index (κ2) is 4.28. The van der Waals surface area contributed by atoms with Gasteiger partial charge in [-0.1, -0.05) is 0 Å². The Hall–Kier alpha value is -1.56. The van der Waals surface area contributed by atoms with E-state index < -0.39 is 17.7 Å². The standard InChI is InChI=1S/C12H9F3O2S/c1-6-8-3-4-18-11(8)9(12(13,14)15)5-10(6)17-7(2)16/h3-5H,1-2H3. The fourth-order valence-corrected chi connectivity index (χ4v) is 2.71. The van der Waals surface area contributed by atoms with Crippen LogP contribution in [-0.2, 0) is 11.0 Å². The van der Waals surface area contributed by atoms with Gasteiger partial charge in [-0.2, -0.15) is 13.2 Å². The molecule has 1 heterocycles. The molecule has 18 heavy (non-hydrogen) atoms. The molecule has 1 aromatic carbocycles.